The summed E-state index contributed by atoms with van der Waals surface area (Å²) in [6, 6.07) is 23.2. The van der Waals surface area contributed by atoms with Crippen LogP contribution in [0.25, 0.3) is 38.4 Å². The average molecular weight is 535 g/mol. The molecule has 0 N–H and O–H groups in total. The Morgan fingerprint density at radius 2 is 1.58 bits per heavy atom. The van der Waals surface area contributed by atoms with Crippen molar-refractivity contribution < 1.29 is 45.9 Å². The third-order valence-electron chi connectivity index (χ3n) is 7.54. The van der Waals surface area contributed by atoms with E-state index in [0.29, 0.717) is 0 Å². The number of hydrogen-bond donors (Lipinski definition) is 0. The molecular formula is C28H30N2Pr. The zero-order valence-corrected chi connectivity index (χ0v) is 23.4. The summed E-state index contributed by atoms with van der Waals surface area (Å²) >= 11 is 0. The van der Waals surface area contributed by atoms with Gasteiger partial charge < -0.3 is 0 Å². The van der Waals surface area contributed by atoms with E-state index in [9.17, 15) is 0 Å². The molecule has 2 nitrogen and oxygen atoms in total. The van der Waals surface area contributed by atoms with Crippen LogP contribution in [0.15, 0.2) is 54.6 Å². The van der Waals surface area contributed by atoms with Crippen LogP contribution >= 0.6 is 0 Å². The van der Waals surface area contributed by atoms with Crippen molar-refractivity contribution >= 4 is 38.4 Å². The van der Waals surface area contributed by atoms with E-state index in [1.165, 1.54) is 49.5 Å². The summed E-state index contributed by atoms with van der Waals surface area (Å²) in [5.41, 5.74) is 7.80. The Bertz CT molecular complexity index is 1470. The summed E-state index contributed by atoms with van der Waals surface area (Å²) in [6.45, 7) is 15.8. The van der Waals surface area contributed by atoms with Gasteiger partial charge in [-0.2, -0.15) is 12.1 Å². The molecule has 1 aliphatic heterocycles. The molecule has 31 heavy (non-hydrogen) atoms. The predicted octanol–water partition coefficient (Wildman–Crippen LogP) is 6.85. The van der Waals surface area contributed by atoms with E-state index in [2.05, 4.69) is 98.2 Å². The number of hydrogen-bond acceptors (Lipinski definition) is 0. The van der Waals surface area contributed by atoms with Crippen molar-refractivity contribution in [2.75, 3.05) is 0 Å². The molecule has 0 unspecified atom stereocenters. The molecule has 1 radical (unpaired) electrons. The van der Waals surface area contributed by atoms with E-state index in [1.807, 2.05) is 19.9 Å². The van der Waals surface area contributed by atoms with E-state index in [4.69, 9.17) is 0 Å². The minimum atomic E-state index is -0.0704. The largest absolute Gasteiger partial charge is 0.283 e. The molecule has 3 aromatic carbocycles. The van der Waals surface area contributed by atoms with E-state index in [-0.39, 0.29) is 52.2 Å². The monoisotopic (exact) mass is 535 g/mol. The molecule has 0 fully saturated rings. The van der Waals surface area contributed by atoms with Crippen LogP contribution in [0.4, 0.5) is 0 Å². The minimum Gasteiger partial charge on any atom is -0.243 e. The molecule has 155 valence electrons. The van der Waals surface area contributed by atoms with E-state index in [0.717, 1.165) is 0 Å². The van der Waals surface area contributed by atoms with Gasteiger partial charge in [0.05, 0.1) is 16.4 Å². The van der Waals surface area contributed by atoms with Crippen LogP contribution in [-0.2, 0) is 11.0 Å². The van der Waals surface area contributed by atoms with Crippen LogP contribution in [0, 0.1) is 54.3 Å². The predicted molar refractivity (Wildman–Crippen MR) is 127 cm³/mol. The molecule has 0 spiro atoms. The smallest absolute Gasteiger partial charge is 0.243 e. The average Bonchev–Trinajstić information content (AvgIpc) is 3.10. The Kier molecular flexibility index (Phi) is 5.51. The molecule has 0 saturated carbocycles. The molecule has 0 bridgehead atoms. The van der Waals surface area contributed by atoms with Gasteiger partial charge in [-0.1, -0.05) is 58.0 Å². The molecule has 2 aromatic heterocycles. The van der Waals surface area contributed by atoms with Crippen LogP contribution in [0.1, 0.15) is 52.7 Å². The second kappa shape index (κ2) is 7.53. The standard InChI is InChI=1S/C26H24N2.C2H6.Pr/c1-16-14-15-18-23-22(16)17-10-6-7-11-19(17)27-20-12-8-9-13-21(20)28(24(23)27)26(4,5)25(18,2)3;1-2;/h6-7,9-15H,1-5H3;1-2H3;. The molecular weight excluding hydrogens is 505 g/mol. The van der Waals surface area contributed by atoms with Crippen molar-refractivity contribution in [3.8, 4) is 0 Å². The number of nitrogens with zero attached hydrogens (tertiary/aromatic N) is 2. The minimum absolute atomic E-state index is 0. The molecule has 3 heteroatoms. The molecule has 1 aliphatic rings. The van der Waals surface area contributed by atoms with Gasteiger partial charge in [0.15, 0.2) is 0 Å². The van der Waals surface area contributed by atoms with Crippen molar-refractivity contribution in [2.45, 2.75) is 59.4 Å². The summed E-state index contributed by atoms with van der Waals surface area (Å²) in [4.78, 5) is 0. The number of benzene rings is 3. The first-order valence-corrected chi connectivity index (χ1v) is 11.1. The fourth-order valence-electron chi connectivity index (χ4n) is 5.44. The first-order chi connectivity index (χ1) is 14.4. The molecule has 0 aliphatic carbocycles. The number of pyridine rings is 1. The van der Waals surface area contributed by atoms with Gasteiger partial charge in [-0.05, 0) is 38.0 Å². The van der Waals surface area contributed by atoms with Crippen LogP contribution in [0.5, 0.6) is 0 Å². The molecule has 6 rings (SSSR count). The van der Waals surface area contributed by atoms with Gasteiger partial charge in [0.1, 0.15) is 11.1 Å². The Labute approximate surface area is 218 Å². The fraction of sp³-hybridized carbons (Fsp3) is 0.321. The summed E-state index contributed by atoms with van der Waals surface area (Å²) in [5.74, 6) is 0. The third kappa shape index (κ3) is 2.67. The van der Waals surface area contributed by atoms with Crippen molar-refractivity contribution in [3.63, 3.8) is 0 Å². The normalized spacial score (nSPS) is 15.8. The zero-order chi connectivity index (χ0) is 21.4. The molecule has 0 amide bonds. The number of rotatable bonds is 0. The van der Waals surface area contributed by atoms with Gasteiger partial charge in [0, 0.05) is 57.5 Å². The van der Waals surface area contributed by atoms with Crippen LogP contribution in [0.3, 0.4) is 0 Å². The first kappa shape index (κ1) is 22.7. The van der Waals surface area contributed by atoms with Crippen molar-refractivity contribution in [1.82, 2.24) is 4.40 Å². The Hall–Kier alpha value is -1.51. The van der Waals surface area contributed by atoms with Gasteiger partial charge >= 0.3 is 0 Å². The van der Waals surface area contributed by atoms with E-state index < -0.39 is 0 Å². The van der Waals surface area contributed by atoms with E-state index in [1.54, 1.807) is 0 Å². The first-order valence-electron chi connectivity index (χ1n) is 11.1. The topological polar surface area (TPSA) is 8.29 Å². The SMILES string of the molecule is CC.Cc1ccc2c3c1c1ccccc1n1c4c[c-]ccc4[n+](c31)C(C)(C)C2(C)C.[Pr]. The van der Waals surface area contributed by atoms with Gasteiger partial charge in [0.2, 0.25) is 0 Å². The number of para-hydroxylation sites is 1. The molecule has 5 aromatic rings. The number of aryl methyl sites for hydroxylation is 1. The second-order valence-corrected chi connectivity index (χ2v) is 9.29. The van der Waals surface area contributed by atoms with Crippen LogP contribution < -0.4 is 4.57 Å². The molecule has 0 saturated heterocycles. The number of aromatic nitrogens is 2. The third-order valence-corrected chi connectivity index (χ3v) is 7.54. The van der Waals surface area contributed by atoms with Crippen LogP contribution in [0.2, 0.25) is 0 Å². The summed E-state index contributed by atoms with van der Waals surface area (Å²) in [5, 5.41) is 4.12. The summed E-state index contributed by atoms with van der Waals surface area (Å²) in [6.07, 6.45) is 0. The van der Waals surface area contributed by atoms with Gasteiger partial charge in [-0.3, -0.25) is 0 Å². The Balaban J connectivity index is 0.000000750. The Morgan fingerprint density at radius 1 is 0.871 bits per heavy atom. The zero-order valence-electron chi connectivity index (χ0n) is 19.7. The second-order valence-electron chi connectivity index (χ2n) is 9.29. The maximum absolute atomic E-state index is 3.32. The number of fused-ring (bicyclic) bond motifs is 6. The maximum Gasteiger partial charge on any atom is 0.283 e. The Morgan fingerprint density at radius 3 is 2.32 bits per heavy atom. The van der Waals surface area contributed by atoms with Crippen LogP contribution in [-0.4, -0.2) is 4.40 Å². The van der Waals surface area contributed by atoms with Crippen molar-refractivity contribution in [1.29, 1.82) is 0 Å². The number of imidazole rings is 1. The molecule has 0 atom stereocenters. The quantitative estimate of drug-likeness (QED) is 0.117. The van der Waals surface area contributed by atoms with Crippen molar-refractivity contribution in [2.24, 2.45) is 0 Å². The van der Waals surface area contributed by atoms with Crippen molar-refractivity contribution in [3.05, 3.63) is 71.8 Å². The fourth-order valence-corrected chi connectivity index (χ4v) is 5.44. The molecule has 3 heterocycles. The maximum atomic E-state index is 3.32. The summed E-state index contributed by atoms with van der Waals surface area (Å²) < 4.78 is 5.04. The van der Waals surface area contributed by atoms with Gasteiger partial charge in [0.25, 0.3) is 5.65 Å². The van der Waals surface area contributed by atoms with Gasteiger partial charge in [-0.25, -0.2) is 8.97 Å². The van der Waals surface area contributed by atoms with E-state index >= 15 is 0 Å². The summed E-state index contributed by atoms with van der Waals surface area (Å²) in [7, 11) is 0. The van der Waals surface area contributed by atoms with Gasteiger partial charge in [-0.15, -0.1) is 12.1 Å².